The first-order valence-electron chi connectivity index (χ1n) is 15.2. The molecule has 0 heterocycles. The van der Waals surface area contributed by atoms with Crippen LogP contribution < -0.4 is 20.1 Å². The summed E-state index contributed by atoms with van der Waals surface area (Å²) >= 11 is 3.40. The summed E-state index contributed by atoms with van der Waals surface area (Å²) in [7, 11) is 0. The number of para-hydroxylation sites is 2. The third-order valence-electron chi connectivity index (χ3n) is 6.34. The van der Waals surface area contributed by atoms with E-state index in [4.69, 9.17) is 18.9 Å². The molecular formula is C36H40N2O6S2. The van der Waals surface area contributed by atoms with Crippen LogP contribution in [0.1, 0.15) is 12.8 Å². The zero-order chi connectivity index (χ0) is 32.1. The van der Waals surface area contributed by atoms with Crippen LogP contribution in [0.4, 0.5) is 22.7 Å². The van der Waals surface area contributed by atoms with Gasteiger partial charge in [-0.2, -0.15) is 23.5 Å². The molecule has 0 radical (unpaired) electrons. The third-order valence-corrected chi connectivity index (χ3v) is 8.57. The first-order chi connectivity index (χ1) is 22.6. The summed E-state index contributed by atoms with van der Waals surface area (Å²) in [5.74, 6) is 4.19. The van der Waals surface area contributed by atoms with Gasteiger partial charge in [-0.25, -0.2) is 0 Å². The molecule has 4 aromatic carbocycles. The summed E-state index contributed by atoms with van der Waals surface area (Å²) in [6.07, 6.45) is 0.719. The summed E-state index contributed by atoms with van der Waals surface area (Å²) in [4.78, 5) is 24.0. The van der Waals surface area contributed by atoms with E-state index in [-0.39, 0.29) is 25.2 Å². The van der Waals surface area contributed by atoms with Gasteiger partial charge in [-0.3, -0.25) is 9.59 Å². The molecule has 2 N–H and O–H groups in total. The Labute approximate surface area is 279 Å². The lowest BCUT2D eigenvalue weighted by atomic mass is 10.2. The Kier molecular flexibility index (Phi) is 15.6. The van der Waals surface area contributed by atoms with Crippen molar-refractivity contribution < 1.29 is 28.5 Å². The number of carbonyl (C=O) groups is 2. The Hall–Kier alpha value is -4.28. The zero-order valence-corrected chi connectivity index (χ0v) is 27.4. The normalized spacial score (nSPS) is 10.5. The molecule has 0 aliphatic heterocycles. The first kappa shape index (κ1) is 34.6. The quantitative estimate of drug-likeness (QED) is 0.0677. The second-order valence-corrected chi connectivity index (χ2v) is 12.3. The number of anilines is 4. The van der Waals surface area contributed by atoms with Gasteiger partial charge in [-0.05, 0) is 72.8 Å². The largest absolute Gasteiger partial charge is 0.490 e. The van der Waals surface area contributed by atoms with E-state index in [1.165, 1.54) is 0 Å². The number of benzene rings is 4. The molecule has 0 bridgehead atoms. The van der Waals surface area contributed by atoms with Crippen LogP contribution >= 0.6 is 23.5 Å². The van der Waals surface area contributed by atoms with Gasteiger partial charge in [-0.15, -0.1) is 0 Å². The second kappa shape index (κ2) is 20.7. The molecule has 10 heteroatoms. The van der Waals surface area contributed by atoms with Crippen molar-refractivity contribution >= 4 is 58.2 Å². The Bertz CT molecular complexity index is 1310. The lowest BCUT2D eigenvalue weighted by molar-refractivity contribution is -0.144. The minimum atomic E-state index is -0.227. The first-order valence-corrected chi connectivity index (χ1v) is 17.5. The van der Waals surface area contributed by atoms with E-state index < -0.39 is 0 Å². The van der Waals surface area contributed by atoms with E-state index in [2.05, 4.69) is 10.6 Å². The van der Waals surface area contributed by atoms with Gasteiger partial charge in [0, 0.05) is 45.8 Å². The Balaban J connectivity index is 0.918. The lowest BCUT2D eigenvalue weighted by Gasteiger charge is -2.10. The maximum absolute atomic E-state index is 12.0. The van der Waals surface area contributed by atoms with E-state index in [1.807, 2.05) is 109 Å². The molecule has 0 aromatic heterocycles. The van der Waals surface area contributed by atoms with Crippen LogP contribution in [0.3, 0.4) is 0 Å². The van der Waals surface area contributed by atoms with Gasteiger partial charge in [0.1, 0.15) is 37.9 Å². The molecule has 4 aromatic rings. The van der Waals surface area contributed by atoms with Crippen molar-refractivity contribution in [1.82, 2.24) is 0 Å². The summed E-state index contributed by atoms with van der Waals surface area (Å²) in [5, 5.41) is 6.64. The van der Waals surface area contributed by atoms with Crippen molar-refractivity contribution in [3.05, 3.63) is 109 Å². The van der Waals surface area contributed by atoms with Crippen LogP contribution in [0.15, 0.2) is 109 Å². The number of esters is 2. The zero-order valence-electron chi connectivity index (χ0n) is 25.7. The lowest BCUT2D eigenvalue weighted by Crippen LogP contribution is -2.13. The van der Waals surface area contributed by atoms with E-state index in [1.54, 1.807) is 23.5 Å². The highest BCUT2D eigenvalue weighted by Gasteiger charge is 2.06. The number of rotatable bonds is 21. The van der Waals surface area contributed by atoms with Gasteiger partial charge in [0.15, 0.2) is 0 Å². The molecule has 0 aliphatic carbocycles. The molecule has 0 fully saturated rings. The maximum Gasteiger partial charge on any atom is 0.306 e. The van der Waals surface area contributed by atoms with Crippen LogP contribution in [-0.2, 0) is 19.1 Å². The van der Waals surface area contributed by atoms with Crippen LogP contribution in [-0.4, -0.2) is 61.4 Å². The Morgan fingerprint density at radius 3 is 1.22 bits per heavy atom. The minimum absolute atomic E-state index is 0.214. The Morgan fingerprint density at radius 1 is 0.457 bits per heavy atom. The molecule has 0 saturated carbocycles. The number of thioether (sulfide) groups is 2. The summed E-state index contributed by atoms with van der Waals surface area (Å²) < 4.78 is 21.9. The van der Waals surface area contributed by atoms with Crippen molar-refractivity contribution in [1.29, 1.82) is 0 Å². The molecule has 0 aliphatic rings. The number of nitrogens with one attached hydrogen (secondary N) is 2. The highest BCUT2D eigenvalue weighted by Crippen LogP contribution is 2.21. The van der Waals surface area contributed by atoms with Crippen LogP contribution in [0.25, 0.3) is 0 Å². The average Bonchev–Trinajstić information content (AvgIpc) is 3.08. The van der Waals surface area contributed by atoms with Crippen molar-refractivity contribution in [2.75, 3.05) is 60.1 Å². The monoisotopic (exact) mass is 660 g/mol. The fourth-order valence-electron chi connectivity index (χ4n) is 4.05. The molecule has 0 amide bonds. The van der Waals surface area contributed by atoms with Crippen LogP contribution in [0.5, 0.6) is 11.5 Å². The van der Waals surface area contributed by atoms with E-state index >= 15 is 0 Å². The van der Waals surface area contributed by atoms with Crippen LogP contribution in [0, 0.1) is 0 Å². The fourth-order valence-corrected chi connectivity index (χ4v) is 6.03. The summed E-state index contributed by atoms with van der Waals surface area (Å²) in [6.45, 7) is 1.03. The summed E-state index contributed by atoms with van der Waals surface area (Å²) in [5.41, 5.74) is 3.98. The molecule has 0 spiro atoms. The fraction of sp³-hybridized carbons (Fsp3) is 0.278. The molecule has 4 rings (SSSR count). The van der Waals surface area contributed by atoms with Gasteiger partial charge < -0.3 is 29.6 Å². The maximum atomic E-state index is 12.0. The minimum Gasteiger partial charge on any atom is -0.490 e. The molecular weight excluding hydrogens is 621 g/mol. The molecule has 0 unspecified atom stereocenters. The van der Waals surface area contributed by atoms with E-state index in [0.29, 0.717) is 37.6 Å². The molecule has 242 valence electrons. The van der Waals surface area contributed by atoms with Crippen LogP contribution in [0.2, 0.25) is 0 Å². The van der Waals surface area contributed by atoms with Crippen molar-refractivity contribution in [2.45, 2.75) is 12.8 Å². The number of hydrogen-bond acceptors (Lipinski definition) is 10. The molecule has 0 atom stereocenters. The average molecular weight is 661 g/mol. The number of carbonyl (C=O) groups excluding carboxylic acids is 2. The topological polar surface area (TPSA) is 95.1 Å². The Morgan fingerprint density at radius 2 is 0.826 bits per heavy atom. The van der Waals surface area contributed by atoms with Gasteiger partial charge in [0.05, 0.1) is 12.8 Å². The standard InChI is InChI=1S/C36H40N2O6S2/c39-35(43-23-21-41-33-15-11-31(12-16-33)37-29-7-3-1-4-8-29)19-25-45-27-28-46-26-20-36(40)44-24-22-42-34-17-13-32(14-18-34)38-30-9-5-2-6-10-30/h1-18,37-38H,19-28H2. The van der Waals surface area contributed by atoms with Crippen molar-refractivity contribution in [2.24, 2.45) is 0 Å². The van der Waals surface area contributed by atoms with Gasteiger partial charge in [0.25, 0.3) is 0 Å². The van der Waals surface area contributed by atoms with E-state index in [0.717, 1.165) is 45.8 Å². The van der Waals surface area contributed by atoms with Crippen molar-refractivity contribution in [3.63, 3.8) is 0 Å². The second-order valence-electron chi connectivity index (χ2n) is 9.89. The highest BCUT2D eigenvalue weighted by atomic mass is 32.2. The predicted molar refractivity (Wildman–Crippen MR) is 189 cm³/mol. The molecule has 46 heavy (non-hydrogen) atoms. The molecule has 0 saturated heterocycles. The molecule has 8 nitrogen and oxygen atoms in total. The van der Waals surface area contributed by atoms with Gasteiger partial charge in [-0.1, -0.05) is 36.4 Å². The van der Waals surface area contributed by atoms with Gasteiger partial charge in [0.2, 0.25) is 0 Å². The third kappa shape index (κ3) is 14.2. The van der Waals surface area contributed by atoms with E-state index in [9.17, 15) is 9.59 Å². The number of hydrogen-bond donors (Lipinski definition) is 2. The summed E-state index contributed by atoms with van der Waals surface area (Å²) in [6, 6.07) is 35.2. The van der Waals surface area contributed by atoms with Gasteiger partial charge >= 0.3 is 11.9 Å². The number of ether oxygens (including phenoxy) is 4. The SMILES string of the molecule is O=C(CCSCCSCCC(=O)OCCOc1ccc(Nc2ccccc2)cc1)OCCOc1ccc(Nc2ccccc2)cc1. The predicted octanol–water partition coefficient (Wildman–Crippen LogP) is 7.96. The van der Waals surface area contributed by atoms with Crippen molar-refractivity contribution in [3.8, 4) is 11.5 Å². The highest BCUT2D eigenvalue weighted by molar-refractivity contribution is 8.02. The smallest absolute Gasteiger partial charge is 0.306 e.